The van der Waals surface area contributed by atoms with Crippen molar-refractivity contribution in [1.29, 1.82) is 0 Å². The van der Waals surface area contributed by atoms with Crippen LogP contribution in [0, 0.1) is 0 Å². The Bertz CT molecular complexity index is 2220. The van der Waals surface area contributed by atoms with E-state index in [9.17, 15) is 0 Å². The number of nitrogens with two attached hydrogens (primary N) is 3. The Morgan fingerprint density at radius 3 is 0.848 bits per heavy atom. The molecule has 6 heterocycles. The van der Waals surface area contributed by atoms with Gasteiger partial charge in [0, 0.05) is 106 Å². The van der Waals surface area contributed by atoms with Crippen molar-refractivity contribution in [1.82, 2.24) is 29.9 Å². The molecule has 224 valence electrons. The van der Waals surface area contributed by atoms with Gasteiger partial charge in [-0.05, 0) is 72.8 Å². The monoisotopic (exact) mass is 687 g/mol. The Morgan fingerprint density at radius 1 is 0.326 bits per heavy atom. The van der Waals surface area contributed by atoms with E-state index in [2.05, 4.69) is 29.9 Å². The summed E-state index contributed by atoms with van der Waals surface area (Å²) in [6, 6.07) is 29.0. The Labute approximate surface area is 276 Å². The van der Waals surface area contributed by atoms with Crippen LogP contribution in [-0.4, -0.2) is 29.9 Å². The van der Waals surface area contributed by atoms with Gasteiger partial charge in [0.2, 0.25) is 0 Å². The second-order valence-electron chi connectivity index (χ2n) is 10.3. The topological polar surface area (TPSA) is 155 Å². The summed E-state index contributed by atoms with van der Waals surface area (Å²) in [5.41, 5.74) is 25.4. The van der Waals surface area contributed by atoms with Gasteiger partial charge in [0.15, 0.2) is 0 Å². The zero-order chi connectivity index (χ0) is 30.8. The molecule has 0 bridgehead atoms. The van der Waals surface area contributed by atoms with Gasteiger partial charge in [-0.1, -0.05) is 18.2 Å². The van der Waals surface area contributed by atoms with E-state index in [0.717, 1.165) is 82.5 Å². The van der Waals surface area contributed by atoms with Crippen LogP contribution in [0.15, 0.2) is 128 Å². The molecule has 9 rings (SSSR count). The zero-order valence-electron chi connectivity index (χ0n) is 24.4. The average molecular weight is 687 g/mol. The second-order valence-corrected chi connectivity index (χ2v) is 10.3. The van der Waals surface area contributed by atoms with Crippen molar-refractivity contribution in [3.8, 4) is 0 Å². The third-order valence-electron chi connectivity index (χ3n) is 7.48. The molecule has 0 atom stereocenters. The fraction of sp³-hybridized carbons (Fsp3) is 0. The summed E-state index contributed by atoms with van der Waals surface area (Å²) in [4.78, 5) is 26.0. The Hall–Kier alpha value is -5.86. The number of anilines is 3. The summed E-state index contributed by atoms with van der Waals surface area (Å²) in [6.45, 7) is 0. The van der Waals surface area contributed by atoms with Gasteiger partial charge in [0.25, 0.3) is 0 Å². The van der Waals surface area contributed by atoms with E-state index < -0.39 is 0 Å². The number of hydrogen-bond donors (Lipinski definition) is 3. The van der Waals surface area contributed by atoms with E-state index in [1.165, 1.54) is 0 Å². The minimum atomic E-state index is 0. The van der Waals surface area contributed by atoms with Crippen LogP contribution in [0.1, 0.15) is 0 Å². The maximum absolute atomic E-state index is 5.95. The Kier molecular flexibility index (Phi) is 8.54. The van der Waals surface area contributed by atoms with Gasteiger partial charge in [-0.25, -0.2) is 0 Å². The van der Waals surface area contributed by atoms with Gasteiger partial charge in [0.05, 0.1) is 33.1 Å². The molecular formula is C36H27N9Ru. The molecule has 10 heteroatoms. The molecule has 9 aromatic rings. The van der Waals surface area contributed by atoms with Gasteiger partial charge in [-0.2, -0.15) is 0 Å². The molecule has 9 nitrogen and oxygen atoms in total. The third-order valence-corrected chi connectivity index (χ3v) is 7.48. The van der Waals surface area contributed by atoms with Gasteiger partial charge >= 0.3 is 0 Å². The molecule has 46 heavy (non-hydrogen) atoms. The number of hydrogen-bond acceptors (Lipinski definition) is 9. The first-order chi connectivity index (χ1) is 22.1. The number of nitrogen functional groups attached to an aromatic ring is 3. The molecule has 0 amide bonds. The molecule has 0 aliphatic rings. The van der Waals surface area contributed by atoms with E-state index in [0.29, 0.717) is 0 Å². The quantitative estimate of drug-likeness (QED) is 0.0861. The molecule has 0 saturated carbocycles. The van der Waals surface area contributed by atoms with Crippen molar-refractivity contribution >= 4 is 82.5 Å². The molecule has 0 spiro atoms. The van der Waals surface area contributed by atoms with E-state index in [-0.39, 0.29) is 19.5 Å². The molecule has 0 saturated heterocycles. The molecule has 0 radical (unpaired) electrons. The summed E-state index contributed by atoms with van der Waals surface area (Å²) >= 11 is 0. The van der Waals surface area contributed by atoms with Crippen LogP contribution in [0.3, 0.4) is 0 Å². The minimum absolute atomic E-state index is 0. The fourth-order valence-corrected chi connectivity index (χ4v) is 5.41. The Morgan fingerprint density at radius 2 is 0.565 bits per heavy atom. The SMILES string of the molecule is Nc1cc2cccnc2c2ncccc12.Nc1cc2cccnc2c2ncccc12.Nc1cc2cccnc2c2ncccc12.[Ru]. The first kappa shape index (κ1) is 30.2. The number of rotatable bonds is 0. The van der Waals surface area contributed by atoms with Crippen LogP contribution in [-0.2, 0) is 19.5 Å². The van der Waals surface area contributed by atoms with E-state index in [1.807, 2.05) is 91.0 Å². The molecule has 0 unspecified atom stereocenters. The zero-order valence-corrected chi connectivity index (χ0v) is 26.1. The van der Waals surface area contributed by atoms with Crippen molar-refractivity contribution in [3.63, 3.8) is 0 Å². The molecule has 6 aromatic heterocycles. The van der Waals surface area contributed by atoms with E-state index >= 15 is 0 Å². The largest absolute Gasteiger partial charge is 0.398 e. The van der Waals surface area contributed by atoms with Crippen molar-refractivity contribution in [2.45, 2.75) is 0 Å². The molecule has 0 fully saturated rings. The Balaban J connectivity index is 0.000000120. The van der Waals surface area contributed by atoms with Crippen LogP contribution in [0.5, 0.6) is 0 Å². The number of aromatic nitrogens is 6. The van der Waals surface area contributed by atoms with Gasteiger partial charge < -0.3 is 17.2 Å². The standard InChI is InChI=1S/3C12H9N3.Ru/c3*13-10-7-8-3-1-5-14-11(8)12-9(10)4-2-6-15-12;/h3*1-7H,13H2;. The van der Waals surface area contributed by atoms with Crippen molar-refractivity contribution in [2.75, 3.05) is 17.2 Å². The van der Waals surface area contributed by atoms with Gasteiger partial charge in [-0.3, -0.25) is 29.9 Å². The van der Waals surface area contributed by atoms with Gasteiger partial charge in [-0.15, -0.1) is 0 Å². The van der Waals surface area contributed by atoms with Crippen LogP contribution in [0.4, 0.5) is 17.1 Å². The van der Waals surface area contributed by atoms with Crippen LogP contribution in [0.25, 0.3) is 65.4 Å². The first-order valence-electron chi connectivity index (χ1n) is 14.2. The van der Waals surface area contributed by atoms with Crippen molar-refractivity contribution < 1.29 is 19.5 Å². The third kappa shape index (κ3) is 5.69. The summed E-state index contributed by atoms with van der Waals surface area (Å²) in [5, 5.41) is 5.97. The molecular weight excluding hydrogens is 660 g/mol. The average Bonchev–Trinajstić information content (AvgIpc) is 3.09. The van der Waals surface area contributed by atoms with Crippen molar-refractivity contribution in [3.05, 3.63) is 128 Å². The van der Waals surface area contributed by atoms with Gasteiger partial charge in [0.1, 0.15) is 0 Å². The van der Waals surface area contributed by atoms with Crippen molar-refractivity contribution in [2.24, 2.45) is 0 Å². The predicted octanol–water partition coefficient (Wildman–Crippen LogP) is 7.09. The first-order valence-corrected chi connectivity index (χ1v) is 14.2. The van der Waals surface area contributed by atoms with Crippen LogP contribution >= 0.6 is 0 Å². The predicted molar refractivity (Wildman–Crippen MR) is 184 cm³/mol. The molecule has 0 aliphatic carbocycles. The summed E-state index contributed by atoms with van der Waals surface area (Å²) in [6.07, 6.45) is 10.6. The molecule has 6 N–H and O–H groups in total. The second kappa shape index (κ2) is 13.0. The summed E-state index contributed by atoms with van der Waals surface area (Å²) < 4.78 is 0. The fourth-order valence-electron chi connectivity index (χ4n) is 5.41. The van der Waals surface area contributed by atoms with Crippen LogP contribution < -0.4 is 17.2 Å². The van der Waals surface area contributed by atoms with E-state index in [1.54, 1.807) is 37.2 Å². The minimum Gasteiger partial charge on any atom is -0.398 e. The summed E-state index contributed by atoms with van der Waals surface area (Å²) in [5.74, 6) is 0. The number of fused-ring (bicyclic) bond motifs is 9. The smallest absolute Gasteiger partial charge is 0.0985 e. The van der Waals surface area contributed by atoms with E-state index in [4.69, 9.17) is 17.2 Å². The number of pyridine rings is 6. The molecule has 3 aromatic carbocycles. The maximum Gasteiger partial charge on any atom is 0.0985 e. The summed E-state index contributed by atoms with van der Waals surface area (Å²) in [7, 11) is 0. The molecule has 0 aliphatic heterocycles. The van der Waals surface area contributed by atoms with Crippen LogP contribution in [0.2, 0.25) is 0 Å². The normalized spacial score (nSPS) is 10.7. The maximum atomic E-state index is 5.95. The number of nitrogens with zero attached hydrogens (tertiary/aromatic N) is 6. The number of benzene rings is 3.